The number of rotatable bonds is 5. The summed E-state index contributed by atoms with van der Waals surface area (Å²) in [5, 5.41) is 8.70. The molecule has 0 fully saturated rings. The van der Waals surface area contributed by atoms with E-state index in [-0.39, 0.29) is 18.0 Å². The van der Waals surface area contributed by atoms with E-state index in [9.17, 15) is 9.59 Å². The van der Waals surface area contributed by atoms with Crippen LogP contribution < -0.4 is 5.73 Å². The maximum Gasteiger partial charge on any atom is 0.335 e. The number of likely N-dealkylation sites (N-methyl/N-ethyl adjacent to an activating group) is 1. The van der Waals surface area contributed by atoms with Gasteiger partial charge in [0.25, 0.3) is 0 Å². The van der Waals surface area contributed by atoms with Gasteiger partial charge in [0.2, 0.25) is 5.91 Å². The average Bonchev–Trinajstić information content (AvgIpc) is 2.16. The molecule has 0 saturated heterocycles. The van der Waals surface area contributed by atoms with Crippen LogP contribution >= 0.6 is 0 Å². The van der Waals surface area contributed by atoms with E-state index in [2.05, 4.69) is 0 Å². The summed E-state index contributed by atoms with van der Waals surface area (Å²) in [5.41, 5.74) is 6.24. The second-order valence-electron chi connectivity index (χ2n) is 3.64. The predicted molar refractivity (Wildman–Crippen MR) is 58.9 cm³/mol. The third-order valence-electron chi connectivity index (χ3n) is 2.08. The first-order valence-electron chi connectivity index (χ1n) is 4.78. The van der Waals surface area contributed by atoms with E-state index in [4.69, 9.17) is 10.8 Å². The molecule has 0 aliphatic carbocycles. The lowest BCUT2D eigenvalue weighted by Gasteiger charge is -2.14. The van der Waals surface area contributed by atoms with Crippen LogP contribution in [0.1, 0.15) is 15.9 Å². The van der Waals surface area contributed by atoms with Crippen molar-refractivity contribution in [2.75, 3.05) is 13.6 Å². The van der Waals surface area contributed by atoms with E-state index >= 15 is 0 Å². The third-order valence-corrected chi connectivity index (χ3v) is 2.08. The molecule has 0 spiro atoms. The summed E-state index contributed by atoms with van der Waals surface area (Å²) in [6, 6.07) is 6.52. The van der Waals surface area contributed by atoms with Gasteiger partial charge >= 0.3 is 5.97 Å². The van der Waals surface area contributed by atoms with E-state index in [1.165, 1.54) is 12.1 Å². The summed E-state index contributed by atoms with van der Waals surface area (Å²) in [4.78, 5) is 23.0. The van der Waals surface area contributed by atoms with Crippen molar-refractivity contribution >= 4 is 11.9 Å². The van der Waals surface area contributed by atoms with E-state index in [0.29, 0.717) is 6.54 Å². The number of primary amides is 1. The summed E-state index contributed by atoms with van der Waals surface area (Å²) in [5.74, 6) is -1.33. The maximum absolute atomic E-state index is 10.6. The lowest BCUT2D eigenvalue weighted by Crippen LogP contribution is -2.30. The van der Waals surface area contributed by atoms with Crippen LogP contribution in [0.15, 0.2) is 24.3 Å². The van der Waals surface area contributed by atoms with E-state index in [1.807, 2.05) is 0 Å². The minimum Gasteiger partial charge on any atom is -0.478 e. The quantitative estimate of drug-likeness (QED) is 0.750. The van der Waals surface area contributed by atoms with Crippen LogP contribution in [0, 0.1) is 0 Å². The van der Waals surface area contributed by atoms with Crippen LogP contribution in [0.2, 0.25) is 0 Å². The number of hydrogen-bond acceptors (Lipinski definition) is 3. The molecule has 16 heavy (non-hydrogen) atoms. The largest absolute Gasteiger partial charge is 0.478 e. The Labute approximate surface area is 93.5 Å². The number of nitrogens with two attached hydrogens (primary N) is 1. The average molecular weight is 222 g/mol. The van der Waals surface area contributed by atoms with Gasteiger partial charge in [-0.15, -0.1) is 0 Å². The standard InChI is InChI=1S/C11H14N2O3/c1-13(7-10(12)14)6-8-2-4-9(5-3-8)11(15)16/h2-5H,6-7H2,1H3,(H2,12,14)(H,15,16). The molecule has 0 atom stereocenters. The Kier molecular flexibility index (Phi) is 4.02. The maximum atomic E-state index is 10.6. The summed E-state index contributed by atoms with van der Waals surface area (Å²) >= 11 is 0. The van der Waals surface area contributed by atoms with Crippen molar-refractivity contribution in [3.8, 4) is 0 Å². The molecule has 5 heteroatoms. The number of hydrogen-bond donors (Lipinski definition) is 2. The molecule has 86 valence electrons. The number of carboxylic acids is 1. The first kappa shape index (κ1) is 12.2. The van der Waals surface area contributed by atoms with Crippen LogP contribution in [-0.2, 0) is 11.3 Å². The first-order valence-corrected chi connectivity index (χ1v) is 4.78. The van der Waals surface area contributed by atoms with E-state index < -0.39 is 5.97 Å². The van der Waals surface area contributed by atoms with Crippen molar-refractivity contribution in [1.82, 2.24) is 4.90 Å². The zero-order valence-corrected chi connectivity index (χ0v) is 9.01. The number of nitrogens with zero attached hydrogens (tertiary/aromatic N) is 1. The van der Waals surface area contributed by atoms with Gasteiger partial charge in [-0.3, -0.25) is 9.69 Å². The smallest absolute Gasteiger partial charge is 0.335 e. The van der Waals surface area contributed by atoms with Crippen LogP contribution in [0.4, 0.5) is 0 Å². The highest BCUT2D eigenvalue weighted by atomic mass is 16.4. The SMILES string of the molecule is CN(CC(N)=O)Cc1ccc(C(=O)O)cc1. The zero-order valence-electron chi connectivity index (χ0n) is 9.01. The molecule has 1 aromatic rings. The molecule has 1 aromatic carbocycles. The fourth-order valence-corrected chi connectivity index (χ4v) is 1.39. The van der Waals surface area contributed by atoms with Gasteiger partial charge < -0.3 is 10.8 Å². The van der Waals surface area contributed by atoms with Gasteiger partial charge in [-0.05, 0) is 24.7 Å². The Bertz CT molecular complexity index is 387. The van der Waals surface area contributed by atoms with Gasteiger partial charge in [0.15, 0.2) is 0 Å². The van der Waals surface area contributed by atoms with Crippen LogP contribution in [-0.4, -0.2) is 35.5 Å². The molecule has 1 rings (SSSR count). The zero-order chi connectivity index (χ0) is 12.1. The predicted octanol–water partition coefficient (Wildman–Crippen LogP) is 0.302. The fourth-order valence-electron chi connectivity index (χ4n) is 1.39. The van der Waals surface area contributed by atoms with Crippen molar-refractivity contribution in [3.05, 3.63) is 35.4 Å². The molecule has 0 radical (unpaired) electrons. The highest BCUT2D eigenvalue weighted by molar-refractivity contribution is 5.87. The molecule has 5 nitrogen and oxygen atoms in total. The van der Waals surface area contributed by atoms with Crippen LogP contribution in [0.3, 0.4) is 0 Å². The molecular formula is C11H14N2O3. The van der Waals surface area contributed by atoms with Gasteiger partial charge in [-0.2, -0.15) is 0 Å². The highest BCUT2D eigenvalue weighted by Gasteiger charge is 2.05. The number of carbonyl (C=O) groups is 2. The normalized spacial score (nSPS) is 10.4. The first-order chi connectivity index (χ1) is 7.49. The Balaban J connectivity index is 2.61. The van der Waals surface area contributed by atoms with E-state index in [1.54, 1.807) is 24.1 Å². The number of benzene rings is 1. The molecule has 0 saturated carbocycles. The minimum absolute atomic E-state index is 0.181. The van der Waals surface area contributed by atoms with Gasteiger partial charge in [-0.1, -0.05) is 12.1 Å². The summed E-state index contributed by atoms with van der Waals surface area (Å²) in [7, 11) is 1.77. The van der Waals surface area contributed by atoms with Gasteiger partial charge in [0.1, 0.15) is 0 Å². The minimum atomic E-state index is -0.947. The van der Waals surface area contributed by atoms with Gasteiger partial charge in [0, 0.05) is 6.54 Å². The van der Waals surface area contributed by atoms with E-state index in [0.717, 1.165) is 5.56 Å². The molecule has 0 aliphatic rings. The third kappa shape index (κ3) is 3.70. The van der Waals surface area contributed by atoms with Gasteiger partial charge in [0.05, 0.1) is 12.1 Å². The van der Waals surface area contributed by atoms with Crippen molar-refractivity contribution < 1.29 is 14.7 Å². The lowest BCUT2D eigenvalue weighted by atomic mass is 10.1. The molecule has 0 bridgehead atoms. The lowest BCUT2D eigenvalue weighted by molar-refractivity contribution is -0.118. The summed E-state index contributed by atoms with van der Waals surface area (Å²) < 4.78 is 0. The highest BCUT2D eigenvalue weighted by Crippen LogP contribution is 2.06. The molecule has 0 aromatic heterocycles. The second-order valence-corrected chi connectivity index (χ2v) is 3.64. The molecule has 0 unspecified atom stereocenters. The second kappa shape index (κ2) is 5.27. The Hall–Kier alpha value is -1.88. The molecule has 1 amide bonds. The van der Waals surface area contributed by atoms with Crippen molar-refractivity contribution in [2.24, 2.45) is 5.73 Å². The number of carboxylic acid groups (broad SMARTS) is 1. The monoisotopic (exact) mass is 222 g/mol. The number of amides is 1. The van der Waals surface area contributed by atoms with Crippen molar-refractivity contribution in [3.63, 3.8) is 0 Å². The summed E-state index contributed by atoms with van der Waals surface area (Å²) in [6.07, 6.45) is 0. The summed E-state index contributed by atoms with van der Waals surface area (Å²) in [6.45, 7) is 0.740. The van der Waals surface area contributed by atoms with Crippen molar-refractivity contribution in [2.45, 2.75) is 6.54 Å². The Morgan fingerprint density at radius 1 is 1.31 bits per heavy atom. The number of carbonyl (C=O) groups excluding carboxylic acids is 1. The topological polar surface area (TPSA) is 83.6 Å². The van der Waals surface area contributed by atoms with Crippen LogP contribution in [0.5, 0.6) is 0 Å². The Morgan fingerprint density at radius 3 is 2.31 bits per heavy atom. The van der Waals surface area contributed by atoms with Gasteiger partial charge in [-0.25, -0.2) is 4.79 Å². The molecule has 0 aliphatic heterocycles. The molecule has 0 heterocycles. The molecular weight excluding hydrogens is 208 g/mol. The Morgan fingerprint density at radius 2 is 1.88 bits per heavy atom. The van der Waals surface area contributed by atoms with Crippen LogP contribution in [0.25, 0.3) is 0 Å². The number of aromatic carboxylic acids is 1. The molecule has 3 N–H and O–H groups in total. The van der Waals surface area contributed by atoms with Crippen molar-refractivity contribution in [1.29, 1.82) is 0 Å². The fraction of sp³-hybridized carbons (Fsp3) is 0.273.